The Morgan fingerprint density at radius 2 is 2.50 bits per heavy atom. The first-order valence-electron chi connectivity index (χ1n) is 3.91. The molecule has 0 bridgehead atoms. The van der Waals surface area contributed by atoms with Crippen LogP contribution in [0.4, 0.5) is 0 Å². The van der Waals surface area contributed by atoms with Crippen molar-refractivity contribution >= 4 is 0 Å². The lowest BCUT2D eigenvalue weighted by Gasteiger charge is -2.10. The van der Waals surface area contributed by atoms with Gasteiger partial charge in [0.2, 0.25) is 0 Å². The molecule has 0 amide bonds. The second-order valence-electron chi connectivity index (χ2n) is 2.48. The van der Waals surface area contributed by atoms with Crippen molar-refractivity contribution in [3.63, 3.8) is 0 Å². The van der Waals surface area contributed by atoms with E-state index in [-0.39, 0.29) is 0 Å². The highest BCUT2D eigenvalue weighted by atomic mass is 16.7. The monoisotopic (exact) mass is 141 g/mol. The van der Waals surface area contributed by atoms with Gasteiger partial charge in [0.1, 0.15) is 0 Å². The van der Waals surface area contributed by atoms with Gasteiger partial charge in [-0.1, -0.05) is 19.1 Å². The molecule has 1 atom stereocenters. The molecule has 0 aromatic carbocycles. The predicted molar refractivity (Wildman–Crippen MR) is 41.6 cm³/mol. The number of rotatable bonds is 2. The van der Waals surface area contributed by atoms with E-state index < -0.39 is 0 Å². The molecule has 0 N–H and O–H groups in total. The Balaban J connectivity index is 2.28. The molecule has 1 fully saturated rings. The topological polar surface area (TPSA) is 12.5 Å². The van der Waals surface area contributed by atoms with Crippen LogP contribution in [0.2, 0.25) is 0 Å². The van der Waals surface area contributed by atoms with Crippen molar-refractivity contribution in [3.8, 4) is 0 Å². The van der Waals surface area contributed by atoms with Gasteiger partial charge in [0.05, 0.1) is 6.10 Å². The second-order valence-corrected chi connectivity index (χ2v) is 2.48. The van der Waals surface area contributed by atoms with Gasteiger partial charge in [-0.15, -0.1) is 0 Å². The summed E-state index contributed by atoms with van der Waals surface area (Å²) in [7, 11) is 0. The van der Waals surface area contributed by atoms with Gasteiger partial charge in [-0.3, -0.25) is 4.84 Å². The molecule has 1 rings (SSSR count). The van der Waals surface area contributed by atoms with Gasteiger partial charge in [-0.05, 0) is 13.3 Å². The Hall–Kier alpha value is -0.340. The van der Waals surface area contributed by atoms with E-state index in [1.165, 1.54) is 0 Å². The minimum absolute atomic E-state index is 0.338. The standard InChI is InChI=1S/C8H15NO/c1-3-5-8-6-7-9(4-2)10-8/h3,5,8H,4,6-7H2,1-2H3/b5-3+. The van der Waals surface area contributed by atoms with Crippen molar-refractivity contribution in [3.05, 3.63) is 12.2 Å². The lowest BCUT2D eigenvalue weighted by atomic mass is 10.2. The Morgan fingerprint density at radius 3 is 3.00 bits per heavy atom. The van der Waals surface area contributed by atoms with Crippen molar-refractivity contribution in [2.45, 2.75) is 26.4 Å². The number of nitrogens with zero attached hydrogens (tertiary/aromatic N) is 1. The summed E-state index contributed by atoms with van der Waals surface area (Å²) in [4.78, 5) is 5.50. The summed E-state index contributed by atoms with van der Waals surface area (Å²) < 4.78 is 0. The van der Waals surface area contributed by atoms with Gasteiger partial charge in [0.15, 0.2) is 0 Å². The van der Waals surface area contributed by atoms with Gasteiger partial charge < -0.3 is 0 Å². The number of hydroxylamine groups is 2. The lowest BCUT2D eigenvalue weighted by Crippen LogP contribution is -2.17. The van der Waals surface area contributed by atoms with Crippen LogP contribution in [0.25, 0.3) is 0 Å². The molecule has 2 nitrogen and oxygen atoms in total. The Labute approximate surface area is 62.4 Å². The molecule has 0 aromatic heterocycles. The van der Waals surface area contributed by atoms with E-state index in [0.29, 0.717) is 6.10 Å². The van der Waals surface area contributed by atoms with Crippen LogP contribution in [0.5, 0.6) is 0 Å². The summed E-state index contributed by atoms with van der Waals surface area (Å²) in [6.07, 6.45) is 5.63. The zero-order chi connectivity index (χ0) is 7.40. The number of allylic oxidation sites excluding steroid dienone is 1. The molecular weight excluding hydrogens is 126 g/mol. The van der Waals surface area contributed by atoms with Crippen molar-refractivity contribution < 1.29 is 4.84 Å². The van der Waals surface area contributed by atoms with E-state index in [9.17, 15) is 0 Å². The molecule has 0 aliphatic carbocycles. The van der Waals surface area contributed by atoms with Gasteiger partial charge in [0, 0.05) is 13.1 Å². The van der Waals surface area contributed by atoms with Crippen LogP contribution in [-0.4, -0.2) is 24.3 Å². The molecule has 0 radical (unpaired) electrons. The smallest absolute Gasteiger partial charge is 0.0987 e. The molecular formula is C8H15NO. The highest BCUT2D eigenvalue weighted by Crippen LogP contribution is 2.13. The molecule has 10 heavy (non-hydrogen) atoms. The molecule has 1 heterocycles. The first-order valence-corrected chi connectivity index (χ1v) is 3.91. The molecule has 2 heteroatoms. The summed E-state index contributed by atoms with van der Waals surface area (Å²) >= 11 is 0. The largest absolute Gasteiger partial charge is 0.292 e. The Morgan fingerprint density at radius 1 is 1.70 bits per heavy atom. The van der Waals surface area contributed by atoms with Crippen molar-refractivity contribution in [1.82, 2.24) is 5.06 Å². The van der Waals surface area contributed by atoms with Crippen molar-refractivity contribution in [2.24, 2.45) is 0 Å². The molecule has 58 valence electrons. The molecule has 1 aliphatic heterocycles. The van der Waals surface area contributed by atoms with Gasteiger partial charge in [0.25, 0.3) is 0 Å². The normalized spacial score (nSPS) is 28.4. The summed E-state index contributed by atoms with van der Waals surface area (Å²) in [5.41, 5.74) is 0. The maximum atomic E-state index is 5.50. The average Bonchev–Trinajstić information content (AvgIpc) is 2.37. The maximum absolute atomic E-state index is 5.50. The fourth-order valence-corrected chi connectivity index (χ4v) is 1.15. The molecule has 1 unspecified atom stereocenters. The molecule has 0 saturated carbocycles. The van der Waals surface area contributed by atoms with E-state index in [2.05, 4.69) is 13.0 Å². The predicted octanol–water partition coefficient (Wildman–Crippen LogP) is 1.59. The van der Waals surface area contributed by atoms with Gasteiger partial charge in [-0.25, -0.2) is 0 Å². The minimum Gasteiger partial charge on any atom is -0.292 e. The van der Waals surface area contributed by atoms with Crippen LogP contribution in [0.1, 0.15) is 20.3 Å². The maximum Gasteiger partial charge on any atom is 0.0987 e. The molecule has 1 saturated heterocycles. The van der Waals surface area contributed by atoms with E-state index >= 15 is 0 Å². The van der Waals surface area contributed by atoms with Gasteiger partial charge >= 0.3 is 0 Å². The van der Waals surface area contributed by atoms with Crippen LogP contribution < -0.4 is 0 Å². The molecule has 0 aromatic rings. The molecule has 0 spiro atoms. The highest BCUT2D eigenvalue weighted by Gasteiger charge is 2.18. The van der Waals surface area contributed by atoms with Crippen LogP contribution in [-0.2, 0) is 4.84 Å². The van der Waals surface area contributed by atoms with Gasteiger partial charge in [-0.2, -0.15) is 5.06 Å². The highest BCUT2D eigenvalue weighted by molar-refractivity contribution is 4.88. The zero-order valence-electron chi connectivity index (χ0n) is 6.71. The van der Waals surface area contributed by atoms with Crippen molar-refractivity contribution in [2.75, 3.05) is 13.1 Å². The third-order valence-electron chi connectivity index (χ3n) is 1.71. The summed E-state index contributed by atoms with van der Waals surface area (Å²) in [5, 5.41) is 2.00. The number of hydrogen-bond donors (Lipinski definition) is 0. The van der Waals surface area contributed by atoms with Crippen molar-refractivity contribution in [1.29, 1.82) is 0 Å². The first kappa shape index (κ1) is 7.76. The quantitative estimate of drug-likeness (QED) is 0.541. The van der Waals surface area contributed by atoms with E-state index in [1.54, 1.807) is 0 Å². The zero-order valence-corrected chi connectivity index (χ0v) is 6.71. The average molecular weight is 141 g/mol. The minimum atomic E-state index is 0.338. The summed E-state index contributed by atoms with van der Waals surface area (Å²) in [5.74, 6) is 0. The first-order chi connectivity index (χ1) is 4.86. The molecule has 1 aliphatic rings. The number of hydrogen-bond acceptors (Lipinski definition) is 2. The third-order valence-corrected chi connectivity index (χ3v) is 1.71. The van der Waals surface area contributed by atoms with E-state index in [1.807, 2.05) is 18.1 Å². The Kier molecular flexibility index (Phi) is 2.90. The second kappa shape index (κ2) is 3.74. The van der Waals surface area contributed by atoms with E-state index in [4.69, 9.17) is 4.84 Å². The van der Waals surface area contributed by atoms with Crippen LogP contribution in [0, 0.1) is 0 Å². The summed E-state index contributed by atoms with van der Waals surface area (Å²) in [6, 6.07) is 0. The van der Waals surface area contributed by atoms with Crippen LogP contribution in [0.3, 0.4) is 0 Å². The fraction of sp³-hybridized carbons (Fsp3) is 0.750. The van der Waals surface area contributed by atoms with E-state index in [0.717, 1.165) is 19.5 Å². The SMILES string of the molecule is C/C=C/C1CCN(CC)O1. The third kappa shape index (κ3) is 1.82. The Bertz CT molecular complexity index is 122. The summed E-state index contributed by atoms with van der Waals surface area (Å²) in [6.45, 7) is 6.20. The lowest BCUT2D eigenvalue weighted by molar-refractivity contribution is -0.128. The fourth-order valence-electron chi connectivity index (χ4n) is 1.15. The van der Waals surface area contributed by atoms with Crippen LogP contribution in [0.15, 0.2) is 12.2 Å². The van der Waals surface area contributed by atoms with Crippen LogP contribution >= 0.6 is 0 Å².